The number of rotatable bonds is 7. The van der Waals surface area contributed by atoms with Crippen molar-refractivity contribution in [2.75, 3.05) is 20.1 Å². The molecule has 4 nitrogen and oxygen atoms in total. The Morgan fingerprint density at radius 3 is 2.35 bits per heavy atom. The van der Waals surface area contributed by atoms with E-state index in [1.165, 1.54) is 5.56 Å². The van der Waals surface area contributed by atoms with Crippen LogP contribution in [0.5, 0.6) is 0 Å². The summed E-state index contributed by atoms with van der Waals surface area (Å²) in [6.07, 6.45) is 0. The summed E-state index contributed by atoms with van der Waals surface area (Å²) in [5, 5.41) is 0. The predicted molar refractivity (Wildman–Crippen MR) is 83.2 cm³/mol. The molecule has 1 aromatic rings. The van der Waals surface area contributed by atoms with Crippen molar-refractivity contribution in [3.05, 3.63) is 35.4 Å². The van der Waals surface area contributed by atoms with Gasteiger partial charge in [0.25, 0.3) is 0 Å². The molecule has 1 rings (SSSR count). The average molecular weight is 277 g/mol. The lowest BCUT2D eigenvalue weighted by Gasteiger charge is -2.27. The van der Waals surface area contributed by atoms with Crippen molar-refractivity contribution in [3.8, 4) is 0 Å². The molecular formula is C16H27N3O. The molecular weight excluding hydrogens is 250 g/mol. The lowest BCUT2D eigenvalue weighted by molar-refractivity contribution is -0.132. The summed E-state index contributed by atoms with van der Waals surface area (Å²) in [5.74, 6) is 0.159. The summed E-state index contributed by atoms with van der Waals surface area (Å²) in [6.45, 7) is 8.72. The van der Waals surface area contributed by atoms with Crippen molar-refractivity contribution < 1.29 is 4.79 Å². The third kappa shape index (κ3) is 4.62. The van der Waals surface area contributed by atoms with Gasteiger partial charge >= 0.3 is 0 Å². The summed E-state index contributed by atoms with van der Waals surface area (Å²) in [6, 6.07) is 8.38. The van der Waals surface area contributed by atoms with Crippen LogP contribution in [0.25, 0.3) is 0 Å². The first-order chi connectivity index (χ1) is 9.49. The maximum atomic E-state index is 12.2. The van der Waals surface area contributed by atoms with Gasteiger partial charge in [-0.15, -0.1) is 0 Å². The van der Waals surface area contributed by atoms with E-state index in [0.717, 1.165) is 18.7 Å². The molecule has 0 spiro atoms. The highest BCUT2D eigenvalue weighted by Crippen LogP contribution is 2.11. The molecule has 1 aromatic carbocycles. The topological polar surface area (TPSA) is 49.6 Å². The van der Waals surface area contributed by atoms with Crippen LogP contribution in [-0.2, 0) is 17.9 Å². The second kappa shape index (κ2) is 8.02. The van der Waals surface area contributed by atoms with Gasteiger partial charge in [-0.3, -0.25) is 9.69 Å². The van der Waals surface area contributed by atoms with Crippen LogP contribution in [-0.4, -0.2) is 41.9 Å². The Hall–Kier alpha value is -1.39. The molecule has 112 valence electrons. The van der Waals surface area contributed by atoms with Crippen molar-refractivity contribution in [1.82, 2.24) is 9.80 Å². The standard InChI is InChI=1S/C16H27N3O/c1-5-19(12-16(20)18(4)13(2)3)11-15-9-7-6-8-14(15)10-17/h6-9,13H,5,10-12,17H2,1-4H3. The van der Waals surface area contributed by atoms with Crippen molar-refractivity contribution >= 4 is 5.91 Å². The van der Waals surface area contributed by atoms with E-state index in [1.807, 2.05) is 39.1 Å². The Kier molecular flexibility index (Phi) is 6.68. The fraction of sp³-hybridized carbons (Fsp3) is 0.562. The first-order valence-electron chi connectivity index (χ1n) is 7.24. The number of benzene rings is 1. The molecule has 20 heavy (non-hydrogen) atoms. The van der Waals surface area contributed by atoms with Crippen molar-refractivity contribution in [2.45, 2.75) is 39.9 Å². The van der Waals surface area contributed by atoms with E-state index in [-0.39, 0.29) is 11.9 Å². The molecule has 0 saturated heterocycles. The lowest BCUT2D eigenvalue weighted by atomic mass is 10.1. The highest BCUT2D eigenvalue weighted by molar-refractivity contribution is 5.78. The van der Waals surface area contributed by atoms with E-state index in [2.05, 4.69) is 17.9 Å². The number of hydrogen-bond acceptors (Lipinski definition) is 3. The summed E-state index contributed by atoms with van der Waals surface area (Å²) >= 11 is 0. The van der Waals surface area contributed by atoms with Crippen LogP contribution in [0.3, 0.4) is 0 Å². The van der Waals surface area contributed by atoms with E-state index in [1.54, 1.807) is 4.90 Å². The minimum absolute atomic E-state index is 0.159. The fourth-order valence-electron chi connectivity index (χ4n) is 2.02. The van der Waals surface area contributed by atoms with Crippen LogP contribution in [0.2, 0.25) is 0 Å². The number of nitrogens with two attached hydrogens (primary N) is 1. The average Bonchev–Trinajstić information content (AvgIpc) is 2.45. The molecule has 0 aliphatic heterocycles. The van der Waals surface area contributed by atoms with Gasteiger partial charge in [-0.1, -0.05) is 31.2 Å². The van der Waals surface area contributed by atoms with Crippen LogP contribution in [0.4, 0.5) is 0 Å². The zero-order valence-corrected chi connectivity index (χ0v) is 13.1. The maximum absolute atomic E-state index is 12.2. The second-order valence-corrected chi connectivity index (χ2v) is 5.37. The van der Waals surface area contributed by atoms with Gasteiger partial charge < -0.3 is 10.6 Å². The van der Waals surface area contributed by atoms with Crippen LogP contribution >= 0.6 is 0 Å². The smallest absolute Gasteiger partial charge is 0.236 e. The number of amides is 1. The lowest BCUT2D eigenvalue weighted by Crippen LogP contribution is -2.41. The largest absolute Gasteiger partial charge is 0.342 e. The number of carbonyl (C=O) groups is 1. The molecule has 0 bridgehead atoms. The van der Waals surface area contributed by atoms with E-state index in [4.69, 9.17) is 5.73 Å². The molecule has 0 unspecified atom stereocenters. The summed E-state index contributed by atoms with van der Waals surface area (Å²) in [5.41, 5.74) is 8.12. The highest BCUT2D eigenvalue weighted by atomic mass is 16.2. The number of nitrogens with zero attached hydrogens (tertiary/aromatic N) is 2. The monoisotopic (exact) mass is 277 g/mol. The highest BCUT2D eigenvalue weighted by Gasteiger charge is 2.16. The number of hydrogen-bond donors (Lipinski definition) is 1. The van der Waals surface area contributed by atoms with Gasteiger partial charge in [0.05, 0.1) is 6.54 Å². The SMILES string of the molecule is CCN(CC(=O)N(C)C(C)C)Cc1ccccc1CN. The second-order valence-electron chi connectivity index (χ2n) is 5.37. The molecule has 0 aromatic heterocycles. The normalized spacial score (nSPS) is 11.2. The molecule has 0 fully saturated rings. The Labute approximate surface area is 122 Å². The van der Waals surface area contributed by atoms with Gasteiger partial charge in [0.1, 0.15) is 0 Å². The van der Waals surface area contributed by atoms with E-state index in [0.29, 0.717) is 13.1 Å². The molecule has 0 atom stereocenters. The maximum Gasteiger partial charge on any atom is 0.236 e. The summed E-state index contributed by atoms with van der Waals surface area (Å²) < 4.78 is 0. The predicted octanol–water partition coefficient (Wildman–Crippen LogP) is 1.83. The minimum atomic E-state index is 0.159. The summed E-state index contributed by atoms with van der Waals surface area (Å²) in [7, 11) is 1.86. The van der Waals surface area contributed by atoms with Crippen LogP contribution < -0.4 is 5.73 Å². The van der Waals surface area contributed by atoms with Crippen molar-refractivity contribution in [3.63, 3.8) is 0 Å². The third-order valence-corrected chi connectivity index (χ3v) is 3.71. The van der Waals surface area contributed by atoms with E-state index < -0.39 is 0 Å². The van der Waals surface area contributed by atoms with Crippen LogP contribution in [0, 0.1) is 0 Å². The first-order valence-corrected chi connectivity index (χ1v) is 7.24. The molecule has 0 aliphatic carbocycles. The van der Waals surface area contributed by atoms with E-state index >= 15 is 0 Å². The molecule has 4 heteroatoms. The van der Waals surface area contributed by atoms with Crippen LogP contribution in [0.15, 0.2) is 24.3 Å². The van der Waals surface area contributed by atoms with Gasteiger partial charge in [-0.25, -0.2) is 0 Å². The van der Waals surface area contributed by atoms with Gasteiger partial charge in [0.2, 0.25) is 5.91 Å². The van der Waals surface area contributed by atoms with Crippen LogP contribution in [0.1, 0.15) is 31.9 Å². The number of carbonyl (C=O) groups excluding carboxylic acids is 1. The van der Waals surface area contributed by atoms with Gasteiger partial charge in [0.15, 0.2) is 0 Å². The Morgan fingerprint density at radius 1 is 1.25 bits per heavy atom. The molecule has 0 radical (unpaired) electrons. The molecule has 0 heterocycles. The zero-order valence-electron chi connectivity index (χ0n) is 13.1. The third-order valence-electron chi connectivity index (χ3n) is 3.71. The molecule has 0 aliphatic rings. The van der Waals surface area contributed by atoms with Gasteiger partial charge in [-0.2, -0.15) is 0 Å². The van der Waals surface area contributed by atoms with Gasteiger partial charge in [0, 0.05) is 26.2 Å². The first kappa shape index (κ1) is 16.7. The zero-order chi connectivity index (χ0) is 15.1. The Morgan fingerprint density at radius 2 is 1.85 bits per heavy atom. The summed E-state index contributed by atoms with van der Waals surface area (Å²) in [4.78, 5) is 16.1. The van der Waals surface area contributed by atoms with Crippen molar-refractivity contribution in [1.29, 1.82) is 0 Å². The Balaban J connectivity index is 2.70. The quantitative estimate of drug-likeness (QED) is 0.827. The fourth-order valence-corrected chi connectivity index (χ4v) is 2.02. The Bertz CT molecular complexity index is 431. The number of likely N-dealkylation sites (N-methyl/N-ethyl adjacent to an activating group) is 2. The molecule has 0 saturated carbocycles. The minimum Gasteiger partial charge on any atom is -0.342 e. The van der Waals surface area contributed by atoms with Gasteiger partial charge in [-0.05, 0) is 31.5 Å². The molecule has 1 amide bonds. The molecule has 2 N–H and O–H groups in total. The van der Waals surface area contributed by atoms with Crippen molar-refractivity contribution in [2.24, 2.45) is 5.73 Å². The van der Waals surface area contributed by atoms with E-state index in [9.17, 15) is 4.79 Å².